The number of aromatic hydroxyl groups is 1. The molecule has 2 heterocycles. The van der Waals surface area contributed by atoms with Crippen LogP contribution in [0.4, 0.5) is 14.9 Å². The van der Waals surface area contributed by atoms with Crippen molar-refractivity contribution in [1.82, 2.24) is 9.91 Å². The van der Waals surface area contributed by atoms with Gasteiger partial charge >= 0.3 is 6.09 Å². The number of aryl methyl sites for hydroxylation is 1. The van der Waals surface area contributed by atoms with Gasteiger partial charge in [0.05, 0.1) is 36.0 Å². The number of methoxy groups -OCH3 is 1. The Bertz CT molecular complexity index is 1840. The number of halogens is 1. The molecule has 2 saturated heterocycles. The molecule has 11 heteroatoms. The maximum Gasteiger partial charge on any atom is 0.423 e. The van der Waals surface area contributed by atoms with Gasteiger partial charge in [-0.15, -0.1) is 0 Å². The zero-order valence-electron chi connectivity index (χ0n) is 25.0. The monoisotopic (exact) mass is 623 g/mol. The standard InChI is InChI=1S/C35H30FN3O7/c1-18-11-13-20(14-12-18)37-39-31(42)25-17-24-21(15-16-22-27(24)32(43)38(30(22)41)34(45)46-2)28(23-9-6-10-26(36)29(23)40)35(25,33(39)44)19-7-4-3-5-8-19/h3-15,22,24-25,27-28,37,40H,16-17H2,1-2H3. The van der Waals surface area contributed by atoms with E-state index in [0.717, 1.165) is 23.7 Å². The number of carbonyl (C=O) groups excluding carboxylic acids is 5. The van der Waals surface area contributed by atoms with Crippen LogP contribution in [0.5, 0.6) is 5.75 Å². The molecule has 1 saturated carbocycles. The highest BCUT2D eigenvalue weighted by Crippen LogP contribution is 2.65. The minimum Gasteiger partial charge on any atom is -0.505 e. The zero-order valence-corrected chi connectivity index (χ0v) is 25.0. The summed E-state index contributed by atoms with van der Waals surface area (Å²) in [5.41, 5.74) is 3.85. The topological polar surface area (TPSA) is 133 Å². The lowest BCUT2D eigenvalue weighted by atomic mass is 9.49. The Kier molecular flexibility index (Phi) is 6.80. The number of allylic oxidation sites excluding steroid dienone is 2. The maximum absolute atomic E-state index is 15.1. The summed E-state index contributed by atoms with van der Waals surface area (Å²) < 4.78 is 19.8. The molecule has 2 aliphatic heterocycles. The zero-order chi connectivity index (χ0) is 32.5. The van der Waals surface area contributed by atoms with Crippen LogP contribution in [0.2, 0.25) is 0 Å². The number of phenols is 1. The van der Waals surface area contributed by atoms with Crippen LogP contribution in [0.3, 0.4) is 0 Å². The Balaban J connectivity index is 1.46. The molecule has 3 aromatic carbocycles. The van der Waals surface area contributed by atoms with Crippen LogP contribution >= 0.6 is 0 Å². The second-order valence-corrected chi connectivity index (χ2v) is 12.3. The van der Waals surface area contributed by atoms with Crippen LogP contribution in [0.1, 0.15) is 35.4 Å². The quantitative estimate of drug-likeness (QED) is 0.319. The minimum absolute atomic E-state index is 0.0147. The molecule has 4 aliphatic rings. The van der Waals surface area contributed by atoms with Crippen molar-refractivity contribution in [1.29, 1.82) is 0 Å². The van der Waals surface area contributed by atoms with Gasteiger partial charge in [-0.1, -0.05) is 71.8 Å². The number of benzene rings is 3. The first-order chi connectivity index (χ1) is 22.1. The van der Waals surface area contributed by atoms with E-state index in [4.69, 9.17) is 4.74 Å². The average Bonchev–Trinajstić information content (AvgIpc) is 3.44. The molecule has 0 aromatic heterocycles. The molecule has 0 radical (unpaired) electrons. The molecule has 6 unspecified atom stereocenters. The first-order valence-electron chi connectivity index (χ1n) is 15.0. The number of carbonyl (C=O) groups is 5. The molecule has 7 rings (SSSR count). The third kappa shape index (κ3) is 3.97. The van der Waals surface area contributed by atoms with Crippen molar-refractivity contribution in [3.63, 3.8) is 0 Å². The predicted octanol–water partition coefficient (Wildman–Crippen LogP) is 4.59. The molecule has 234 valence electrons. The molecule has 0 bridgehead atoms. The van der Waals surface area contributed by atoms with E-state index in [1.165, 1.54) is 12.1 Å². The fraction of sp³-hybridized carbons (Fsp3) is 0.286. The van der Waals surface area contributed by atoms with E-state index in [0.29, 0.717) is 21.7 Å². The van der Waals surface area contributed by atoms with E-state index in [9.17, 15) is 29.1 Å². The third-order valence-electron chi connectivity index (χ3n) is 10.1. The average molecular weight is 624 g/mol. The van der Waals surface area contributed by atoms with Gasteiger partial charge in [-0.05, 0) is 49.4 Å². The van der Waals surface area contributed by atoms with Crippen LogP contribution in [-0.4, -0.2) is 51.8 Å². The molecule has 10 nitrogen and oxygen atoms in total. The number of likely N-dealkylation sites (tertiary alicyclic amines) is 1. The Morgan fingerprint density at radius 2 is 1.65 bits per heavy atom. The van der Waals surface area contributed by atoms with Gasteiger partial charge in [0.15, 0.2) is 11.6 Å². The first-order valence-corrected chi connectivity index (χ1v) is 15.0. The maximum atomic E-state index is 15.1. The van der Waals surface area contributed by atoms with Crippen molar-refractivity contribution in [2.24, 2.45) is 23.7 Å². The highest BCUT2D eigenvalue weighted by molar-refractivity contribution is 6.16. The number of hydrogen-bond acceptors (Lipinski definition) is 8. The van der Waals surface area contributed by atoms with Crippen LogP contribution in [-0.2, 0) is 29.3 Å². The second kappa shape index (κ2) is 10.6. The highest BCUT2D eigenvalue weighted by atomic mass is 19.1. The van der Waals surface area contributed by atoms with E-state index >= 15 is 4.39 Å². The van der Waals surface area contributed by atoms with Crippen LogP contribution < -0.4 is 5.43 Å². The van der Waals surface area contributed by atoms with Crippen molar-refractivity contribution >= 4 is 35.4 Å². The van der Waals surface area contributed by atoms with Crippen LogP contribution in [0.15, 0.2) is 84.4 Å². The summed E-state index contributed by atoms with van der Waals surface area (Å²) in [6, 6.07) is 19.9. The van der Waals surface area contributed by atoms with Crippen LogP contribution in [0, 0.1) is 36.4 Å². The number of ether oxygens (including phenoxy) is 1. The molecule has 5 amide bonds. The molecular weight excluding hydrogens is 593 g/mol. The third-order valence-corrected chi connectivity index (χ3v) is 10.1. The molecule has 46 heavy (non-hydrogen) atoms. The summed E-state index contributed by atoms with van der Waals surface area (Å²) in [5, 5.41) is 12.2. The number of rotatable bonds is 4. The predicted molar refractivity (Wildman–Crippen MR) is 161 cm³/mol. The summed E-state index contributed by atoms with van der Waals surface area (Å²) in [5.74, 6) is -9.11. The molecular formula is C35H30FN3O7. The SMILES string of the molecule is COC(=O)N1C(=O)C2CC=C3C(CC4C(=O)N(Nc5ccc(C)cc5)C(=O)C4(c4ccccc4)C3c3cccc(F)c3O)C2C1=O. The molecule has 3 fully saturated rings. The number of nitrogens with one attached hydrogen (secondary N) is 1. The fourth-order valence-electron chi connectivity index (χ4n) is 8.13. The molecule has 2 aliphatic carbocycles. The first kappa shape index (κ1) is 29.4. The van der Waals surface area contributed by atoms with Crippen molar-refractivity contribution in [3.05, 3.63) is 107 Å². The van der Waals surface area contributed by atoms with Gasteiger partial charge in [-0.3, -0.25) is 24.6 Å². The number of nitrogens with zero attached hydrogens (tertiary/aromatic N) is 2. The lowest BCUT2D eigenvalue weighted by Gasteiger charge is -2.50. The number of hydrogen-bond donors (Lipinski definition) is 2. The number of anilines is 1. The molecule has 2 N–H and O–H groups in total. The second-order valence-electron chi connectivity index (χ2n) is 12.3. The Morgan fingerprint density at radius 3 is 2.35 bits per heavy atom. The summed E-state index contributed by atoms with van der Waals surface area (Å²) in [6.45, 7) is 1.91. The normalized spacial score (nSPS) is 28.4. The molecule has 6 atom stereocenters. The minimum atomic E-state index is -1.66. The van der Waals surface area contributed by atoms with Crippen molar-refractivity contribution < 1.29 is 38.2 Å². The van der Waals surface area contributed by atoms with Gasteiger partial charge < -0.3 is 9.84 Å². The van der Waals surface area contributed by atoms with Gasteiger partial charge in [0, 0.05) is 11.5 Å². The Labute approximate surface area is 263 Å². The molecule has 3 aromatic rings. The molecule has 0 spiro atoms. The summed E-state index contributed by atoms with van der Waals surface area (Å²) in [6.07, 6.45) is 0.700. The van der Waals surface area contributed by atoms with Gasteiger partial charge in [-0.25, -0.2) is 9.18 Å². The lowest BCUT2D eigenvalue weighted by molar-refractivity contribution is -0.140. The lowest BCUT2D eigenvalue weighted by Crippen LogP contribution is -2.53. The van der Waals surface area contributed by atoms with E-state index in [1.54, 1.807) is 48.5 Å². The van der Waals surface area contributed by atoms with Crippen LogP contribution in [0.25, 0.3) is 0 Å². The number of phenolic OH excluding ortho intramolecular Hbond substituents is 1. The smallest absolute Gasteiger partial charge is 0.423 e. The number of amides is 5. The Hall–Kier alpha value is -5.32. The van der Waals surface area contributed by atoms with Gasteiger partial charge in [-0.2, -0.15) is 9.91 Å². The fourth-order valence-corrected chi connectivity index (χ4v) is 8.13. The number of imide groups is 4. The van der Waals surface area contributed by atoms with Gasteiger partial charge in [0.25, 0.3) is 11.8 Å². The van der Waals surface area contributed by atoms with Crippen molar-refractivity contribution in [2.75, 3.05) is 12.5 Å². The van der Waals surface area contributed by atoms with Gasteiger partial charge in [0.2, 0.25) is 11.8 Å². The summed E-state index contributed by atoms with van der Waals surface area (Å²) in [4.78, 5) is 69.6. The number of fused-ring (bicyclic) bond motifs is 4. The van der Waals surface area contributed by atoms with E-state index in [-0.39, 0.29) is 18.4 Å². The largest absolute Gasteiger partial charge is 0.505 e. The number of hydrazine groups is 1. The Morgan fingerprint density at radius 1 is 0.935 bits per heavy atom. The van der Waals surface area contributed by atoms with Crippen molar-refractivity contribution in [3.8, 4) is 5.75 Å². The van der Waals surface area contributed by atoms with E-state index in [2.05, 4.69) is 5.43 Å². The number of para-hydroxylation sites is 1. The summed E-state index contributed by atoms with van der Waals surface area (Å²) >= 11 is 0. The van der Waals surface area contributed by atoms with Gasteiger partial charge in [0.1, 0.15) is 0 Å². The summed E-state index contributed by atoms with van der Waals surface area (Å²) in [7, 11) is 1.07. The van der Waals surface area contributed by atoms with E-state index in [1.807, 2.05) is 19.1 Å². The highest BCUT2D eigenvalue weighted by Gasteiger charge is 2.71. The van der Waals surface area contributed by atoms with Crippen molar-refractivity contribution in [2.45, 2.75) is 31.1 Å². The van der Waals surface area contributed by atoms with E-state index < -0.39 is 76.3 Å².